The number of esters is 1. The van der Waals surface area contributed by atoms with Gasteiger partial charge < -0.3 is 4.74 Å². The SMILES string of the molecule is C=CCOC(=O)C=CC#C[Si](C)(C)C. The highest BCUT2D eigenvalue weighted by molar-refractivity contribution is 6.83. The van der Waals surface area contributed by atoms with E-state index in [1.807, 2.05) is 0 Å². The zero-order chi connectivity index (χ0) is 11.0. The van der Waals surface area contributed by atoms with Gasteiger partial charge in [-0.1, -0.05) is 38.2 Å². The summed E-state index contributed by atoms with van der Waals surface area (Å²) >= 11 is 0. The fourth-order valence-electron chi connectivity index (χ4n) is 0.557. The molecule has 0 amide bonds. The van der Waals surface area contributed by atoms with Crippen molar-refractivity contribution < 1.29 is 9.53 Å². The molecule has 0 saturated carbocycles. The molecule has 0 aromatic heterocycles. The van der Waals surface area contributed by atoms with Crippen molar-refractivity contribution >= 4 is 14.0 Å². The molecule has 0 aliphatic carbocycles. The maximum atomic E-state index is 10.9. The summed E-state index contributed by atoms with van der Waals surface area (Å²) in [7, 11) is -1.34. The molecule has 0 fully saturated rings. The Hall–Kier alpha value is -1.27. The van der Waals surface area contributed by atoms with Gasteiger partial charge in [-0.3, -0.25) is 0 Å². The molecular weight excluding hydrogens is 192 g/mol. The highest BCUT2D eigenvalue weighted by Crippen LogP contribution is 1.95. The maximum absolute atomic E-state index is 10.9. The summed E-state index contributed by atoms with van der Waals surface area (Å²) in [4.78, 5) is 10.9. The van der Waals surface area contributed by atoms with Crippen LogP contribution in [0.4, 0.5) is 0 Å². The van der Waals surface area contributed by atoms with Gasteiger partial charge in [0.25, 0.3) is 0 Å². The van der Waals surface area contributed by atoms with Crippen molar-refractivity contribution in [1.29, 1.82) is 0 Å². The number of allylic oxidation sites excluding steroid dienone is 1. The van der Waals surface area contributed by atoms with Crippen LogP contribution in [0.1, 0.15) is 0 Å². The number of carbonyl (C=O) groups excluding carboxylic acids is 1. The minimum Gasteiger partial charge on any atom is -0.458 e. The summed E-state index contributed by atoms with van der Waals surface area (Å²) in [6.45, 7) is 10.1. The summed E-state index contributed by atoms with van der Waals surface area (Å²) < 4.78 is 4.72. The normalized spacial score (nSPS) is 10.5. The van der Waals surface area contributed by atoms with E-state index in [0.29, 0.717) is 0 Å². The molecule has 0 N–H and O–H groups in total. The summed E-state index contributed by atoms with van der Waals surface area (Å²) in [5, 5.41) is 0. The lowest BCUT2D eigenvalue weighted by molar-refractivity contribution is -0.136. The molecule has 0 spiro atoms. The fourth-order valence-corrected chi connectivity index (χ4v) is 1.07. The van der Waals surface area contributed by atoms with Crippen LogP contribution in [0.15, 0.2) is 24.8 Å². The Morgan fingerprint density at radius 2 is 2.14 bits per heavy atom. The molecule has 0 aliphatic rings. The Morgan fingerprint density at radius 1 is 1.50 bits per heavy atom. The van der Waals surface area contributed by atoms with Crippen molar-refractivity contribution in [2.75, 3.05) is 6.61 Å². The molecule has 14 heavy (non-hydrogen) atoms. The van der Waals surface area contributed by atoms with Crippen LogP contribution in [0, 0.1) is 11.5 Å². The Morgan fingerprint density at radius 3 is 2.64 bits per heavy atom. The third-order valence-corrected chi connectivity index (χ3v) is 1.99. The highest BCUT2D eigenvalue weighted by atomic mass is 28.3. The smallest absolute Gasteiger partial charge is 0.331 e. The molecule has 2 nitrogen and oxygen atoms in total. The zero-order valence-electron chi connectivity index (χ0n) is 8.96. The van der Waals surface area contributed by atoms with E-state index in [9.17, 15) is 4.79 Å². The lowest BCUT2D eigenvalue weighted by Crippen LogP contribution is -2.16. The lowest BCUT2D eigenvalue weighted by atomic mass is 10.5. The van der Waals surface area contributed by atoms with Crippen LogP contribution in [-0.4, -0.2) is 20.7 Å². The first-order valence-electron chi connectivity index (χ1n) is 4.42. The van der Waals surface area contributed by atoms with E-state index >= 15 is 0 Å². The summed E-state index contributed by atoms with van der Waals surface area (Å²) in [5.41, 5.74) is 3.11. The largest absolute Gasteiger partial charge is 0.458 e. The van der Waals surface area contributed by atoms with Crippen molar-refractivity contribution in [2.24, 2.45) is 0 Å². The average Bonchev–Trinajstić information content (AvgIpc) is 2.07. The van der Waals surface area contributed by atoms with Crippen LogP contribution < -0.4 is 0 Å². The van der Waals surface area contributed by atoms with E-state index in [4.69, 9.17) is 4.74 Å². The zero-order valence-corrected chi connectivity index (χ0v) is 9.96. The molecule has 0 heterocycles. The summed E-state index contributed by atoms with van der Waals surface area (Å²) in [5.74, 6) is 2.46. The topological polar surface area (TPSA) is 26.3 Å². The van der Waals surface area contributed by atoms with Gasteiger partial charge in [-0.2, -0.15) is 0 Å². The van der Waals surface area contributed by atoms with E-state index in [1.165, 1.54) is 18.2 Å². The van der Waals surface area contributed by atoms with Gasteiger partial charge >= 0.3 is 5.97 Å². The lowest BCUT2D eigenvalue weighted by Gasteiger charge is -2.02. The van der Waals surface area contributed by atoms with Gasteiger partial charge in [-0.05, 0) is 6.08 Å². The van der Waals surface area contributed by atoms with Crippen LogP contribution in [0.25, 0.3) is 0 Å². The average molecular weight is 208 g/mol. The monoisotopic (exact) mass is 208 g/mol. The second kappa shape index (κ2) is 6.22. The third kappa shape index (κ3) is 8.82. The van der Waals surface area contributed by atoms with Gasteiger partial charge in [-0.25, -0.2) is 4.79 Å². The molecular formula is C11H16O2Si. The Labute approximate surface area is 86.7 Å². The third-order valence-electron chi connectivity index (χ3n) is 1.09. The molecule has 0 aromatic carbocycles. The van der Waals surface area contributed by atoms with Gasteiger partial charge in [0.2, 0.25) is 0 Å². The first kappa shape index (κ1) is 12.7. The number of hydrogen-bond donors (Lipinski definition) is 0. The second-order valence-electron chi connectivity index (χ2n) is 3.77. The Bertz CT molecular complexity index is 287. The van der Waals surface area contributed by atoms with Crippen LogP contribution >= 0.6 is 0 Å². The molecule has 0 unspecified atom stereocenters. The van der Waals surface area contributed by atoms with Crippen molar-refractivity contribution in [3.05, 3.63) is 24.8 Å². The number of ether oxygens (including phenoxy) is 1. The van der Waals surface area contributed by atoms with Crippen LogP contribution in [0.3, 0.4) is 0 Å². The van der Waals surface area contributed by atoms with Gasteiger partial charge in [0.05, 0.1) is 0 Å². The van der Waals surface area contributed by atoms with Gasteiger partial charge in [-0.15, -0.1) is 5.54 Å². The number of rotatable bonds is 3. The van der Waals surface area contributed by atoms with Crippen LogP contribution in [0.2, 0.25) is 19.6 Å². The molecule has 0 atom stereocenters. The van der Waals surface area contributed by atoms with Crippen molar-refractivity contribution in [3.8, 4) is 11.5 Å². The van der Waals surface area contributed by atoms with E-state index in [2.05, 4.69) is 37.7 Å². The molecule has 0 radical (unpaired) electrons. The number of hydrogen-bond acceptors (Lipinski definition) is 2. The van der Waals surface area contributed by atoms with Gasteiger partial charge in [0, 0.05) is 6.08 Å². The van der Waals surface area contributed by atoms with Crippen molar-refractivity contribution in [3.63, 3.8) is 0 Å². The molecule has 0 aromatic rings. The Balaban J connectivity index is 3.98. The Kier molecular flexibility index (Phi) is 5.66. The van der Waals surface area contributed by atoms with Gasteiger partial charge in [0.1, 0.15) is 14.7 Å². The fraction of sp³-hybridized carbons (Fsp3) is 0.364. The second-order valence-corrected chi connectivity index (χ2v) is 8.52. The van der Waals surface area contributed by atoms with E-state index in [0.717, 1.165) is 0 Å². The molecule has 0 aliphatic heterocycles. The van der Waals surface area contributed by atoms with E-state index in [1.54, 1.807) is 0 Å². The molecule has 3 heteroatoms. The summed E-state index contributed by atoms with van der Waals surface area (Å²) in [6.07, 6.45) is 4.39. The standard InChI is InChI=1S/C11H16O2Si/c1-5-9-13-11(12)8-6-7-10-14(2,3)4/h5-6,8H,1,9H2,2-4H3. The maximum Gasteiger partial charge on any atom is 0.331 e. The van der Waals surface area contributed by atoms with Crippen LogP contribution in [0.5, 0.6) is 0 Å². The van der Waals surface area contributed by atoms with E-state index in [-0.39, 0.29) is 12.6 Å². The first-order chi connectivity index (χ1) is 6.45. The molecule has 76 valence electrons. The van der Waals surface area contributed by atoms with Crippen molar-refractivity contribution in [2.45, 2.75) is 19.6 Å². The minimum absolute atomic E-state index is 0.241. The predicted octanol–water partition coefficient (Wildman–Crippen LogP) is 2.15. The van der Waals surface area contributed by atoms with Gasteiger partial charge in [0.15, 0.2) is 0 Å². The minimum atomic E-state index is -1.34. The first-order valence-corrected chi connectivity index (χ1v) is 7.92. The van der Waals surface area contributed by atoms with E-state index < -0.39 is 8.07 Å². The van der Waals surface area contributed by atoms with Crippen LogP contribution in [-0.2, 0) is 9.53 Å². The highest BCUT2D eigenvalue weighted by Gasteiger charge is 2.06. The quantitative estimate of drug-likeness (QED) is 0.233. The molecule has 0 rings (SSSR count). The predicted molar refractivity (Wildman–Crippen MR) is 61.4 cm³/mol. The van der Waals surface area contributed by atoms with Crippen molar-refractivity contribution in [1.82, 2.24) is 0 Å². The summed E-state index contributed by atoms with van der Waals surface area (Å²) in [6, 6.07) is 0. The number of carbonyl (C=O) groups is 1. The molecule has 0 bridgehead atoms. The molecule has 0 saturated heterocycles.